The first-order chi connectivity index (χ1) is 18.7. The number of carbonyl (C=O) groups excluding carboxylic acids is 2. The molecule has 1 aromatic heterocycles. The molecule has 2 aliphatic heterocycles. The fourth-order valence-electron chi connectivity index (χ4n) is 5.60. The molecule has 4 unspecified atom stereocenters. The number of thioether (sulfide) groups is 2. The van der Waals surface area contributed by atoms with Crippen LogP contribution in [0.2, 0.25) is 5.02 Å². The summed E-state index contributed by atoms with van der Waals surface area (Å²) in [6.45, 7) is 1.93. The Labute approximate surface area is 238 Å². The lowest BCUT2D eigenvalue weighted by Gasteiger charge is -2.31. The SMILES string of the molecule is CSCCC1(C(=O)O)NC(c2coc3cc(C)c(Cl)cc3c2=O)C2C(=O)N(CCSc3ccccc3)C(=O)C21. The van der Waals surface area contributed by atoms with E-state index in [1.807, 2.05) is 36.6 Å². The molecule has 2 aliphatic rings. The van der Waals surface area contributed by atoms with E-state index in [0.717, 1.165) is 10.5 Å². The number of imide groups is 1. The van der Waals surface area contributed by atoms with Crippen molar-refractivity contribution in [1.82, 2.24) is 10.2 Å². The summed E-state index contributed by atoms with van der Waals surface area (Å²) < 4.78 is 5.77. The summed E-state index contributed by atoms with van der Waals surface area (Å²) in [6, 6.07) is 11.8. The number of aryl methyl sites for hydroxylation is 1. The Bertz CT molecular complexity index is 1510. The second-order valence-electron chi connectivity index (χ2n) is 9.75. The average Bonchev–Trinajstić information content (AvgIpc) is 3.39. The van der Waals surface area contributed by atoms with Gasteiger partial charge in [0.2, 0.25) is 11.8 Å². The van der Waals surface area contributed by atoms with Crippen molar-refractivity contribution >= 4 is 63.9 Å². The maximum absolute atomic E-state index is 13.8. The quantitative estimate of drug-likeness (QED) is 0.278. The number of carboxylic acid groups (broad SMARTS) is 1. The lowest BCUT2D eigenvalue weighted by molar-refractivity contribution is -0.151. The number of rotatable bonds is 9. The smallest absolute Gasteiger partial charge is 0.324 e. The number of carbonyl (C=O) groups is 3. The molecule has 5 rings (SSSR count). The van der Waals surface area contributed by atoms with Crippen molar-refractivity contribution in [3.8, 4) is 0 Å². The van der Waals surface area contributed by atoms with E-state index in [1.54, 1.807) is 13.0 Å². The number of fused-ring (bicyclic) bond motifs is 2. The number of aliphatic carboxylic acids is 1. The van der Waals surface area contributed by atoms with Crippen LogP contribution in [0.3, 0.4) is 0 Å². The van der Waals surface area contributed by atoms with Crippen LogP contribution < -0.4 is 10.7 Å². The molecule has 0 bridgehead atoms. The number of hydrogen-bond acceptors (Lipinski definition) is 8. The molecule has 11 heteroatoms. The molecule has 2 N–H and O–H groups in total. The number of likely N-dealkylation sites (tertiary alicyclic amines) is 1. The minimum Gasteiger partial charge on any atom is -0.480 e. The lowest BCUT2D eigenvalue weighted by atomic mass is 9.78. The summed E-state index contributed by atoms with van der Waals surface area (Å²) in [6.07, 6.45) is 3.22. The number of halogens is 1. The number of nitrogens with one attached hydrogen (secondary N) is 1. The van der Waals surface area contributed by atoms with Gasteiger partial charge in [0.05, 0.1) is 35.1 Å². The van der Waals surface area contributed by atoms with Crippen LogP contribution in [0.15, 0.2) is 62.8 Å². The number of amides is 2. The van der Waals surface area contributed by atoms with Gasteiger partial charge in [0, 0.05) is 22.2 Å². The van der Waals surface area contributed by atoms with E-state index >= 15 is 0 Å². The maximum Gasteiger partial charge on any atom is 0.324 e. The second-order valence-corrected chi connectivity index (χ2v) is 12.3. The molecule has 2 aromatic carbocycles. The molecule has 2 amide bonds. The van der Waals surface area contributed by atoms with Gasteiger partial charge in [-0.25, -0.2) is 0 Å². The standard InChI is InChI=1S/C28H27ClN2O6S2/c1-15-12-20-17(13-19(15)29)24(32)18(14-37-20)23-21-22(28(30-23,27(35)36)8-10-38-2)26(34)31(25(21)33)9-11-39-16-6-4-3-5-7-16/h3-7,12-14,21-23,30H,8-11H2,1-2H3,(H,35,36). The van der Waals surface area contributed by atoms with E-state index in [1.165, 1.54) is 40.8 Å². The number of carboxylic acids is 1. The minimum absolute atomic E-state index is 0.103. The Hall–Kier alpha value is -2.79. The van der Waals surface area contributed by atoms with Gasteiger partial charge in [-0.3, -0.25) is 29.4 Å². The molecule has 2 fully saturated rings. The zero-order valence-corrected chi connectivity index (χ0v) is 23.7. The molecule has 3 aromatic rings. The number of benzene rings is 2. The largest absolute Gasteiger partial charge is 0.480 e. The lowest BCUT2D eigenvalue weighted by Crippen LogP contribution is -2.56. The van der Waals surface area contributed by atoms with E-state index < -0.39 is 46.6 Å². The van der Waals surface area contributed by atoms with E-state index in [9.17, 15) is 24.3 Å². The molecular weight excluding hydrogens is 560 g/mol. The van der Waals surface area contributed by atoms with Gasteiger partial charge in [-0.2, -0.15) is 11.8 Å². The van der Waals surface area contributed by atoms with Crippen LogP contribution in [0.1, 0.15) is 23.6 Å². The molecule has 8 nitrogen and oxygen atoms in total. The van der Waals surface area contributed by atoms with Crippen molar-refractivity contribution in [3.05, 3.63) is 75.1 Å². The molecule has 0 spiro atoms. The van der Waals surface area contributed by atoms with Crippen LogP contribution in [0.5, 0.6) is 0 Å². The predicted octanol–water partition coefficient (Wildman–Crippen LogP) is 4.37. The Balaban J connectivity index is 1.54. The summed E-state index contributed by atoms with van der Waals surface area (Å²) in [4.78, 5) is 56.1. The third kappa shape index (κ3) is 4.77. The normalized spacial score (nSPS) is 24.5. The molecule has 204 valence electrons. The monoisotopic (exact) mass is 586 g/mol. The molecule has 0 saturated carbocycles. The highest BCUT2D eigenvalue weighted by Gasteiger charge is 2.68. The van der Waals surface area contributed by atoms with Crippen molar-refractivity contribution in [1.29, 1.82) is 0 Å². The fraction of sp³-hybridized carbons (Fsp3) is 0.357. The first-order valence-corrected chi connectivity index (χ1v) is 15.2. The van der Waals surface area contributed by atoms with Crippen molar-refractivity contribution in [2.24, 2.45) is 11.8 Å². The van der Waals surface area contributed by atoms with Gasteiger partial charge in [0.25, 0.3) is 0 Å². The Kier molecular flexibility index (Phi) is 7.83. The third-order valence-electron chi connectivity index (χ3n) is 7.57. The molecule has 0 radical (unpaired) electrons. The van der Waals surface area contributed by atoms with Gasteiger partial charge in [-0.15, -0.1) is 11.8 Å². The summed E-state index contributed by atoms with van der Waals surface area (Å²) in [5.41, 5.74) is -0.953. The van der Waals surface area contributed by atoms with Gasteiger partial charge in [-0.1, -0.05) is 29.8 Å². The van der Waals surface area contributed by atoms with E-state index in [2.05, 4.69) is 5.32 Å². The molecule has 0 aliphatic carbocycles. The predicted molar refractivity (Wildman–Crippen MR) is 152 cm³/mol. The first-order valence-electron chi connectivity index (χ1n) is 12.4. The Morgan fingerprint density at radius 2 is 1.90 bits per heavy atom. The van der Waals surface area contributed by atoms with Crippen LogP contribution in [0.4, 0.5) is 0 Å². The fourth-order valence-corrected chi connectivity index (χ4v) is 7.15. The van der Waals surface area contributed by atoms with Gasteiger partial charge < -0.3 is 9.52 Å². The van der Waals surface area contributed by atoms with Crippen LogP contribution in [-0.4, -0.2) is 57.6 Å². The summed E-state index contributed by atoms with van der Waals surface area (Å²) in [7, 11) is 0. The first kappa shape index (κ1) is 27.8. The van der Waals surface area contributed by atoms with Crippen LogP contribution in [0, 0.1) is 18.8 Å². The highest BCUT2D eigenvalue weighted by molar-refractivity contribution is 7.99. The van der Waals surface area contributed by atoms with Crippen LogP contribution >= 0.6 is 35.1 Å². The highest BCUT2D eigenvalue weighted by Crippen LogP contribution is 2.50. The molecule has 4 atom stereocenters. The van der Waals surface area contributed by atoms with Crippen molar-refractivity contribution in [2.75, 3.05) is 24.3 Å². The van der Waals surface area contributed by atoms with Crippen molar-refractivity contribution in [2.45, 2.75) is 29.8 Å². The maximum atomic E-state index is 13.8. The zero-order chi connectivity index (χ0) is 27.9. The van der Waals surface area contributed by atoms with E-state index in [4.69, 9.17) is 16.0 Å². The summed E-state index contributed by atoms with van der Waals surface area (Å²) >= 11 is 9.23. The van der Waals surface area contributed by atoms with Crippen molar-refractivity contribution in [3.63, 3.8) is 0 Å². The average molecular weight is 587 g/mol. The molecule has 3 heterocycles. The topological polar surface area (TPSA) is 117 Å². The zero-order valence-electron chi connectivity index (χ0n) is 21.3. The van der Waals surface area contributed by atoms with E-state index in [-0.39, 0.29) is 23.9 Å². The molecular formula is C28H27ClN2O6S2. The minimum atomic E-state index is -1.71. The van der Waals surface area contributed by atoms with Gasteiger partial charge >= 0.3 is 5.97 Å². The van der Waals surface area contributed by atoms with Gasteiger partial charge in [0.1, 0.15) is 11.1 Å². The molecule has 39 heavy (non-hydrogen) atoms. The highest BCUT2D eigenvalue weighted by atomic mass is 35.5. The second kappa shape index (κ2) is 11.0. The van der Waals surface area contributed by atoms with Crippen molar-refractivity contribution < 1.29 is 23.9 Å². The van der Waals surface area contributed by atoms with E-state index in [0.29, 0.717) is 22.1 Å². The number of hydrogen-bond donors (Lipinski definition) is 2. The summed E-state index contributed by atoms with van der Waals surface area (Å²) in [5, 5.41) is 14.1. The van der Waals surface area contributed by atoms with Crippen LogP contribution in [0.25, 0.3) is 11.0 Å². The molecule has 2 saturated heterocycles. The Morgan fingerprint density at radius 3 is 2.59 bits per heavy atom. The summed E-state index contributed by atoms with van der Waals surface area (Å²) in [5.74, 6) is -3.54. The van der Waals surface area contributed by atoms with Gasteiger partial charge in [-0.05, 0) is 55.2 Å². The van der Waals surface area contributed by atoms with Gasteiger partial charge in [0.15, 0.2) is 5.43 Å². The van der Waals surface area contributed by atoms with Crippen LogP contribution in [-0.2, 0) is 14.4 Å². The number of nitrogens with zero attached hydrogens (tertiary/aromatic N) is 1. The Morgan fingerprint density at radius 1 is 1.15 bits per heavy atom. The third-order valence-corrected chi connectivity index (χ3v) is 9.58.